The number of carbonyl (C=O) groups excluding carboxylic acids is 2. The summed E-state index contributed by atoms with van der Waals surface area (Å²) in [6.07, 6.45) is 2.22. The number of anilines is 1. The van der Waals surface area contributed by atoms with Crippen molar-refractivity contribution in [1.29, 1.82) is 0 Å². The van der Waals surface area contributed by atoms with Gasteiger partial charge >= 0.3 is 0 Å². The van der Waals surface area contributed by atoms with Crippen molar-refractivity contribution in [2.45, 2.75) is 18.5 Å². The quantitative estimate of drug-likeness (QED) is 0.833. The summed E-state index contributed by atoms with van der Waals surface area (Å²) in [6.45, 7) is 0.502. The number of nitrogens with zero attached hydrogens (tertiary/aromatic N) is 1. The Morgan fingerprint density at radius 1 is 1.27 bits per heavy atom. The first kappa shape index (κ1) is 13.1. The largest absolute Gasteiger partial charge is 0.464 e. The zero-order valence-electron chi connectivity index (χ0n) is 11.8. The molecule has 22 heavy (non-hydrogen) atoms. The number of hydrogen-bond donors (Lipinski definition) is 2. The second-order valence-corrected chi connectivity index (χ2v) is 5.62. The molecule has 2 amide bonds. The van der Waals surface area contributed by atoms with Gasteiger partial charge < -0.3 is 20.4 Å². The summed E-state index contributed by atoms with van der Waals surface area (Å²) in [6, 6.07) is 8.02. The molecule has 112 valence electrons. The Hall–Kier alpha value is -2.60. The predicted molar refractivity (Wildman–Crippen MR) is 80.2 cm³/mol. The predicted octanol–water partition coefficient (Wildman–Crippen LogP) is 1.44. The van der Waals surface area contributed by atoms with Crippen molar-refractivity contribution in [3.8, 4) is 11.3 Å². The summed E-state index contributed by atoms with van der Waals surface area (Å²) >= 11 is 0. The van der Waals surface area contributed by atoms with Crippen molar-refractivity contribution in [3.63, 3.8) is 0 Å². The Morgan fingerprint density at radius 2 is 2.14 bits per heavy atom. The zero-order chi connectivity index (χ0) is 15.3. The first-order valence-electron chi connectivity index (χ1n) is 7.20. The van der Waals surface area contributed by atoms with Gasteiger partial charge in [-0.15, -0.1) is 0 Å². The van der Waals surface area contributed by atoms with Crippen LogP contribution in [-0.2, 0) is 4.79 Å². The molecular formula is C16H15N3O3. The topological polar surface area (TPSA) is 88.6 Å². The molecule has 0 bridgehead atoms. The molecule has 3 heterocycles. The van der Waals surface area contributed by atoms with E-state index in [1.807, 2.05) is 12.1 Å². The van der Waals surface area contributed by atoms with Gasteiger partial charge in [-0.05, 0) is 36.8 Å². The monoisotopic (exact) mass is 297 g/mol. The number of nitrogens with two attached hydrogens (primary N) is 1. The van der Waals surface area contributed by atoms with Crippen molar-refractivity contribution in [2.75, 3.05) is 11.9 Å². The van der Waals surface area contributed by atoms with E-state index in [0.717, 1.165) is 5.56 Å². The Morgan fingerprint density at radius 3 is 2.91 bits per heavy atom. The number of hydrogen-bond acceptors (Lipinski definition) is 4. The maximum atomic E-state index is 12.8. The van der Waals surface area contributed by atoms with Crippen LogP contribution in [0.4, 0.5) is 5.69 Å². The summed E-state index contributed by atoms with van der Waals surface area (Å²) < 4.78 is 5.37. The molecule has 1 saturated heterocycles. The number of benzene rings is 1. The van der Waals surface area contributed by atoms with Crippen molar-refractivity contribution < 1.29 is 14.0 Å². The van der Waals surface area contributed by atoms with Crippen LogP contribution in [0.5, 0.6) is 0 Å². The van der Waals surface area contributed by atoms with Crippen LogP contribution in [0.3, 0.4) is 0 Å². The van der Waals surface area contributed by atoms with Gasteiger partial charge in [0.15, 0.2) is 0 Å². The molecule has 6 heteroatoms. The Labute approximate surface area is 126 Å². The average Bonchev–Trinajstić information content (AvgIpc) is 3.14. The highest BCUT2D eigenvalue weighted by molar-refractivity contribution is 6.11. The molecule has 0 aliphatic carbocycles. The molecule has 4 rings (SSSR count). The van der Waals surface area contributed by atoms with Crippen LogP contribution < -0.4 is 11.1 Å². The molecule has 2 aliphatic rings. The molecule has 2 aromatic rings. The summed E-state index contributed by atoms with van der Waals surface area (Å²) in [7, 11) is 0. The minimum Gasteiger partial charge on any atom is -0.464 e. The number of fused-ring (bicyclic) bond motifs is 2. The summed E-state index contributed by atoms with van der Waals surface area (Å²) in [5.74, 6) is 0.295. The number of carbonyl (C=O) groups is 2. The van der Waals surface area contributed by atoms with Crippen LogP contribution >= 0.6 is 0 Å². The van der Waals surface area contributed by atoms with Gasteiger partial charge in [-0.3, -0.25) is 9.59 Å². The van der Waals surface area contributed by atoms with Crippen LogP contribution in [-0.4, -0.2) is 35.3 Å². The van der Waals surface area contributed by atoms with Crippen LogP contribution in [0.2, 0.25) is 0 Å². The van der Waals surface area contributed by atoms with E-state index in [1.54, 1.807) is 29.4 Å². The maximum absolute atomic E-state index is 12.8. The van der Waals surface area contributed by atoms with E-state index >= 15 is 0 Å². The normalized spacial score (nSPS) is 23.8. The highest BCUT2D eigenvalue weighted by atomic mass is 16.3. The van der Waals surface area contributed by atoms with Gasteiger partial charge in [0, 0.05) is 18.2 Å². The second kappa shape index (κ2) is 4.71. The molecule has 0 unspecified atom stereocenters. The zero-order valence-corrected chi connectivity index (χ0v) is 11.8. The third-order valence-electron chi connectivity index (χ3n) is 4.29. The Bertz CT molecular complexity index is 754. The van der Waals surface area contributed by atoms with Crippen LogP contribution in [0.25, 0.3) is 11.3 Å². The molecule has 3 N–H and O–H groups in total. The van der Waals surface area contributed by atoms with Crippen LogP contribution in [0.15, 0.2) is 41.0 Å². The van der Waals surface area contributed by atoms with Gasteiger partial charge in [0.05, 0.1) is 17.5 Å². The van der Waals surface area contributed by atoms with Gasteiger partial charge in [0.2, 0.25) is 5.91 Å². The van der Waals surface area contributed by atoms with Crippen molar-refractivity contribution in [1.82, 2.24) is 4.90 Å². The highest BCUT2D eigenvalue weighted by Gasteiger charge is 2.43. The highest BCUT2D eigenvalue weighted by Crippen LogP contribution is 2.31. The molecule has 2 atom stereocenters. The van der Waals surface area contributed by atoms with Gasteiger partial charge in [0.1, 0.15) is 11.8 Å². The maximum Gasteiger partial charge on any atom is 0.256 e. The lowest BCUT2D eigenvalue weighted by Gasteiger charge is -2.22. The minimum absolute atomic E-state index is 0.167. The molecule has 0 radical (unpaired) electrons. The average molecular weight is 297 g/mol. The third-order valence-corrected chi connectivity index (χ3v) is 4.29. The molecule has 1 aromatic carbocycles. The molecule has 1 aromatic heterocycles. The molecule has 0 spiro atoms. The van der Waals surface area contributed by atoms with E-state index in [9.17, 15) is 9.59 Å². The molecular weight excluding hydrogens is 282 g/mol. The number of amides is 2. The second-order valence-electron chi connectivity index (χ2n) is 5.62. The van der Waals surface area contributed by atoms with Gasteiger partial charge in [0.25, 0.3) is 5.91 Å². The van der Waals surface area contributed by atoms with E-state index in [4.69, 9.17) is 10.2 Å². The van der Waals surface area contributed by atoms with Crippen molar-refractivity contribution in [3.05, 3.63) is 42.2 Å². The van der Waals surface area contributed by atoms with Gasteiger partial charge in [-0.1, -0.05) is 0 Å². The van der Waals surface area contributed by atoms with E-state index in [1.165, 1.54) is 0 Å². The minimum atomic E-state index is -0.591. The third kappa shape index (κ3) is 1.84. The van der Waals surface area contributed by atoms with Crippen molar-refractivity contribution >= 4 is 17.5 Å². The standard InChI is InChI=1S/C16H15N3O3/c17-11-5-6-19-14(11)15(20)18-12-4-3-9(8-10(12)16(19)21)13-2-1-7-22-13/h1-4,7-8,11,14H,5-6,17H2,(H,18,20)/t11-,14-/m0/s1. The van der Waals surface area contributed by atoms with Gasteiger partial charge in [-0.25, -0.2) is 0 Å². The number of furan rings is 1. The van der Waals surface area contributed by atoms with Crippen molar-refractivity contribution in [2.24, 2.45) is 5.73 Å². The van der Waals surface area contributed by atoms with Crippen LogP contribution in [0.1, 0.15) is 16.8 Å². The summed E-state index contributed by atoms with van der Waals surface area (Å²) in [5, 5.41) is 2.82. The smallest absolute Gasteiger partial charge is 0.256 e. The van der Waals surface area contributed by atoms with E-state index in [0.29, 0.717) is 30.0 Å². The lowest BCUT2D eigenvalue weighted by Crippen LogP contribution is -2.48. The fraction of sp³-hybridized carbons (Fsp3) is 0.250. The van der Waals surface area contributed by atoms with E-state index in [2.05, 4.69) is 5.32 Å². The fourth-order valence-corrected chi connectivity index (χ4v) is 3.17. The van der Waals surface area contributed by atoms with E-state index in [-0.39, 0.29) is 17.9 Å². The Balaban J connectivity index is 1.81. The number of nitrogens with one attached hydrogen (secondary N) is 1. The first-order chi connectivity index (χ1) is 10.6. The van der Waals surface area contributed by atoms with Gasteiger partial charge in [-0.2, -0.15) is 0 Å². The molecule has 2 aliphatic heterocycles. The molecule has 1 fully saturated rings. The van der Waals surface area contributed by atoms with E-state index < -0.39 is 6.04 Å². The molecule has 0 saturated carbocycles. The number of rotatable bonds is 1. The Kier molecular flexibility index (Phi) is 2.80. The summed E-state index contributed by atoms with van der Waals surface area (Å²) in [5.41, 5.74) is 7.77. The lowest BCUT2D eigenvalue weighted by molar-refractivity contribution is -0.119. The fourth-order valence-electron chi connectivity index (χ4n) is 3.17. The molecule has 6 nitrogen and oxygen atoms in total. The lowest BCUT2D eigenvalue weighted by atomic mass is 10.1. The summed E-state index contributed by atoms with van der Waals surface area (Å²) in [4.78, 5) is 26.7. The first-order valence-corrected chi connectivity index (χ1v) is 7.20. The SMILES string of the molecule is N[C@H]1CCN2C(=O)c3cc(-c4ccco4)ccc3NC(=O)[C@H]12. The van der Waals surface area contributed by atoms with Crippen LogP contribution in [0, 0.1) is 0 Å².